The topological polar surface area (TPSA) is 35.2 Å². The molecule has 0 aliphatic carbocycles. The second-order valence-corrected chi connectivity index (χ2v) is 4.99. The van der Waals surface area contributed by atoms with Gasteiger partial charge in [-0.15, -0.1) is 0 Å². The third-order valence-electron chi connectivity index (χ3n) is 3.88. The van der Waals surface area contributed by atoms with E-state index in [0.717, 1.165) is 31.1 Å². The van der Waals surface area contributed by atoms with Gasteiger partial charge >= 0.3 is 0 Å². The predicted molar refractivity (Wildman–Crippen MR) is 71.3 cm³/mol. The van der Waals surface area contributed by atoms with Crippen LogP contribution >= 0.6 is 0 Å². The van der Waals surface area contributed by atoms with Crippen LogP contribution in [-0.2, 0) is 6.42 Å². The van der Waals surface area contributed by atoms with Crippen LogP contribution in [0.3, 0.4) is 0 Å². The van der Waals surface area contributed by atoms with Crippen molar-refractivity contribution in [3.63, 3.8) is 0 Å². The van der Waals surface area contributed by atoms with E-state index in [1.807, 2.05) is 0 Å². The highest BCUT2D eigenvalue weighted by Gasteiger charge is 2.16. The summed E-state index contributed by atoms with van der Waals surface area (Å²) in [7, 11) is 0. The van der Waals surface area contributed by atoms with E-state index < -0.39 is 0 Å². The van der Waals surface area contributed by atoms with Crippen LogP contribution in [0.15, 0.2) is 18.2 Å². The fourth-order valence-corrected chi connectivity index (χ4v) is 2.55. The summed E-state index contributed by atoms with van der Waals surface area (Å²) < 4.78 is 5.52. The Kier molecular flexibility index (Phi) is 4.06. The van der Waals surface area contributed by atoms with Crippen LogP contribution in [-0.4, -0.2) is 6.61 Å². The lowest BCUT2D eigenvalue weighted by atomic mass is 9.91. The molecule has 17 heavy (non-hydrogen) atoms. The molecule has 0 fully saturated rings. The molecule has 2 rings (SSSR count). The van der Waals surface area contributed by atoms with Crippen LogP contribution < -0.4 is 10.5 Å². The van der Waals surface area contributed by atoms with E-state index in [9.17, 15) is 0 Å². The molecule has 1 aliphatic rings. The molecule has 2 heteroatoms. The first-order valence-corrected chi connectivity index (χ1v) is 6.75. The smallest absolute Gasteiger partial charge is 0.122 e. The van der Waals surface area contributed by atoms with Crippen molar-refractivity contribution in [2.75, 3.05) is 6.61 Å². The molecule has 1 aromatic carbocycles. The van der Waals surface area contributed by atoms with Crippen molar-refractivity contribution in [1.29, 1.82) is 0 Å². The minimum absolute atomic E-state index is 0.172. The molecule has 0 aromatic heterocycles. The predicted octanol–water partition coefficient (Wildman–Crippen LogP) is 3.45. The first-order valence-electron chi connectivity index (χ1n) is 6.75. The number of benzene rings is 1. The van der Waals surface area contributed by atoms with E-state index in [4.69, 9.17) is 10.5 Å². The SMILES string of the molecule is CCC(CC)CC(N)c1ccc2c(c1)CCO2. The summed E-state index contributed by atoms with van der Waals surface area (Å²) in [4.78, 5) is 0. The maximum absolute atomic E-state index is 6.30. The van der Waals surface area contributed by atoms with Crippen molar-refractivity contribution in [2.24, 2.45) is 11.7 Å². The van der Waals surface area contributed by atoms with Crippen LogP contribution in [0, 0.1) is 5.92 Å². The van der Waals surface area contributed by atoms with Crippen LogP contribution in [0.2, 0.25) is 0 Å². The first kappa shape index (κ1) is 12.4. The van der Waals surface area contributed by atoms with E-state index in [1.165, 1.54) is 24.0 Å². The molecule has 1 atom stereocenters. The van der Waals surface area contributed by atoms with E-state index >= 15 is 0 Å². The third kappa shape index (κ3) is 2.81. The molecule has 0 radical (unpaired) electrons. The van der Waals surface area contributed by atoms with Gasteiger partial charge in [0.15, 0.2) is 0 Å². The molecule has 1 unspecified atom stereocenters. The average Bonchev–Trinajstić information content (AvgIpc) is 2.82. The van der Waals surface area contributed by atoms with Gasteiger partial charge in [0.25, 0.3) is 0 Å². The number of nitrogens with two attached hydrogens (primary N) is 1. The highest BCUT2D eigenvalue weighted by molar-refractivity contribution is 5.40. The first-order chi connectivity index (χ1) is 8.24. The summed E-state index contributed by atoms with van der Waals surface area (Å²) in [6, 6.07) is 6.60. The van der Waals surface area contributed by atoms with E-state index in [1.54, 1.807) is 0 Å². The number of rotatable bonds is 5. The van der Waals surface area contributed by atoms with Gasteiger partial charge in [-0.25, -0.2) is 0 Å². The van der Waals surface area contributed by atoms with Crippen LogP contribution in [0.25, 0.3) is 0 Å². The fourth-order valence-electron chi connectivity index (χ4n) is 2.55. The molecule has 1 aromatic rings. The second kappa shape index (κ2) is 5.54. The molecular formula is C15H23NO. The van der Waals surface area contributed by atoms with Gasteiger partial charge < -0.3 is 10.5 Å². The summed E-state index contributed by atoms with van der Waals surface area (Å²) in [5, 5.41) is 0. The molecule has 0 spiro atoms. The van der Waals surface area contributed by atoms with Crippen LogP contribution in [0.1, 0.15) is 50.3 Å². The molecule has 2 nitrogen and oxygen atoms in total. The van der Waals surface area contributed by atoms with Gasteiger partial charge in [0.2, 0.25) is 0 Å². The largest absolute Gasteiger partial charge is 0.493 e. The summed E-state index contributed by atoms with van der Waals surface area (Å²) in [6.07, 6.45) is 4.56. The third-order valence-corrected chi connectivity index (χ3v) is 3.88. The summed E-state index contributed by atoms with van der Waals surface area (Å²) in [5.41, 5.74) is 8.89. The van der Waals surface area contributed by atoms with Gasteiger partial charge in [0.05, 0.1) is 6.61 Å². The van der Waals surface area contributed by atoms with E-state index in [-0.39, 0.29) is 6.04 Å². The van der Waals surface area contributed by atoms with Crippen molar-refractivity contribution in [3.05, 3.63) is 29.3 Å². The van der Waals surface area contributed by atoms with Gasteiger partial charge in [-0.3, -0.25) is 0 Å². The highest BCUT2D eigenvalue weighted by Crippen LogP contribution is 2.30. The molecule has 1 aliphatic heterocycles. The Morgan fingerprint density at radius 3 is 2.76 bits per heavy atom. The van der Waals surface area contributed by atoms with Crippen LogP contribution in [0.5, 0.6) is 5.75 Å². The Morgan fingerprint density at radius 1 is 1.29 bits per heavy atom. The Bertz CT molecular complexity index is 371. The highest BCUT2D eigenvalue weighted by atomic mass is 16.5. The van der Waals surface area contributed by atoms with Gasteiger partial charge in [-0.1, -0.05) is 38.8 Å². The minimum atomic E-state index is 0.172. The van der Waals surface area contributed by atoms with Crippen molar-refractivity contribution < 1.29 is 4.74 Å². The molecule has 0 bridgehead atoms. The Labute approximate surface area is 104 Å². The number of ether oxygens (including phenoxy) is 1. The normalized spacial score (nSPS) is 15.8. The zero-order chi connectivity index (χ0) is 12.3. The van der Waals surface area contributed by atoms with Crippen LogP contribution in [0.4, 0.5) is 0 Å². The standard InChI is InChI=1S/C15H23NO/c1-3-11(4-2)9-14(16)12-5-6-15-13(10-12)7-8-17-15/h5-6,10-11,14H,3-4,7-9,16H2,1-2H3. The molecule has 0 amide bonds. The molecule has 1 heterocycles. The quantitative estimate of drug-likeness (QED) is 0.845. The maximum atomic E-state index is 6.30. The van der Waals surface area contributed by atoms with Crippen molar-refractivity contribution in [1.82, 2.24) is 0 Å². The number of fused-ring (bicyclic) bond motifs is 1. The molecule has 2 N–H and O–H groups in total. The number of hydrogen-bond donors (Lipinski definition) is 1. The molecule has 0 saturated heterocycles. The molecular weight excluding hydrogens is 210 g/mol. The monoisotopic (exact) mass is 233 g/mol. The molecule has 94 valence electrons. The Morgan fingerprint density at radius 2 is 2.06 bits per heavy atom. The maximum Gasteiger partial charge on any atom is 0.122 e. The fraction of sp³-hybridized carbons (Fsp3) is 0.600. The van der Waals surface area contributed by atoms with Gasteiger partial charge in [-0.05, 0) is 29.5 Å². The second-order valence-electron chi connectivity index (χ2n) is 4.99. The average molecular weight is 233 g/mol. The van der Waals surface area contributed by atoms with E-state index in [0.29, 0.717) is 0 Å². The zero-order valence-electron chi connectivity index (χ0n) is 10.9. The van der Waals surface area contributed by atoms with Crippen molar-refractivity contribution >= 4 is 0 Å². The van der Waals surface area contributed by atoms with Gasteiger partial charge in [-0.2, -0.15) is 0 Å². The lowest BCUT2D eigenvalue weighted by molar-refractivity contribution is 0.356. The summed E-state index contributed by atoms with van der Waals surface area (Å²) in [5.74, 6) is 1.79. The van der Waals surface area contributed by atoms with Crippen molar-refractivity contribution in [3.8, 4) is 5.75 Å². The molecule has 0 saturated carbocycles. The Balaban J connectivity index is 2.06. The number of hydrogen-bond acceptors (Lipinski definition) is 2. The minimum Gasteiger partial charge on any atom is -0.493 e. The lowest BCUT2D eigenvalue weighted by Gasteiger charge is -2.19. The zero-order valence-corrected chi connectivity index (χ0v) is 10.9. The summed E-state index contributed by atoms with van der Waals surface area (Å²) in [6.45, 7) is 5.31. The van der Waals surface area contributed by atoms with Gasteiger partial charge in [0, 0.05) is 12.5 Å². The Hall–Kier alpha value is -1.02. The van der Waals surface area contributed by atoms with Gasteiger partial charge in [0.1, 0.15) is 5.75 Å². The summed E-state index contributed by atoms with van der Waals surface area (Å²) >= 11 is 0. The lowest BCUT2D eigenvalue weighted by Crippen LogP contribution is -2.15. The van der Waals surface area contributed by atoms with Crippen molar-refractivity contribution in [2.45, 2.75) is 45.6 Å². The van der Waals surface area contributed by atoms with E-state index in [2.05, 4.69) is 32.0 Å².